The van der Waals surface area contributed by atoms with Gasteiger partial charge in [0.25, 0.3) is 0 Å². The molecule has 1 aliphatic rings. The van der Waals surface area contributed by atoms with Gasteiger partial charge in [0.2, 0.25) is 5.89 Å². The van der Waals surface area contributed by atoms with Crippen molar-refractivity contribution in [1.29, 1.82) is 0 Å². The van der Waals surface area contributed by atoms with Crippen molar-refractivity contribution in [2.75, 3.05) is 0 Å². The Morgan fingerprint density at radius 3 is 2.50 bits per heavy atom. The van der Waals surface area contributed by atoms with Crippen LogP contribution in [0.1, 0.15) is 57.3 Å². The van der Waals surface area contributed by atoms with E-state index in [-0.39, 0.29) is 16.9 Å². The van der Waals surface area contributed by atoms with Gasteiger partial charge in [-0.3, -0.25) is 4.79 Å². The van der Waals surface area contributed by atoms with Gasteiger partial charge in [0, 0.05) is 23.1 Å². The third-order valence-corrected chi connectivity index (χ3v) is 6.07. The minimum Gasteiger partial charge on any atom is -0.455 e. The molecule has 0 unspecified atom stereocenters. The molecule has 1 aliphatic heterocycles. The Hall–Kier alpha value is -2.63. The summed E-state index contributed by atoms with van der Waals surface area (Å²) >= 11 is 6.51. The Morgan fingerprint density at radius 2 is 1.84 bits per heavy atom. The molecular weight excluding hydrogens is 424 g/mol. The number of oxazole rings is 1. The van der Waals surface area contributed by atoms with Gasteiger partial charge in [0.15, 0.2) is 5.78 Å². The van der Waals surface area contributed by atoms with Crippen LogP contribution in [0.4, 0.5) is 0 Å². The molecule has 2 heterocycles. The van der Waals surface area contributed by atoms with Gasteiger partial charge >= 0.3 is 0 Å². The first-order chi connectivity index (χ1) is 15.1. The van der Waals surface area contributed by atoms with Gasteiger partial charge in [0.05, 0.1) is 16.8 Å². The summed E-state index contributed by atoms with van der Waals surface area (Å²) < 4.78 is 11.5. The van der Waals surface area contributed by atoms with Gasteiger partial charge in [-0.05, 0) is 76.8 Å². The second kappa shape index (κ2) is 8.72. The molecule has 0 atom stereocenters. The fourth-order valence-corrected chi connectivity index (χ4v) is 5.24. The number of rotatable bonds is 6. The highest BCUT2D eigenvalue weighted by molar-refractivity contribution is 6.32. The lowest BCUT2D eigenvalue weighted by atomic mass is 9.74. The molecule has 1 fully saturated rings. The van der Waals surface area contributed by atoms with E-state index in [1.165, 1.54) is 6.26 Å². The molecule has 6 heteroatoms. The van der Waals surface area contributed by atoms with Crippen LogP contribution in [-0.4, -0.2) is 21.8 Å². The van der Waals surface area contributed by atoms with Crippen LogP contribution < -0.4 is 10.1 Å². The average Bonchev–Trinajstić information content (AvgIpc) is 3.22. The summed E-state index contributed by atoms with van der Waals surface area (Å²) in [5.74, 6) is 1.96. The number of hydrogen-bond donors (Lipinski definition) is 1. The second-order valence-corrected chi connectivity index (χ2v) is 10.3. The van der Waals surface area contributed by atoms with Crippen molar-refractivity contribution in [3.05, 3.63) is 65.5 Å². The lowest BCUT2D eigenvalue weighted by Gasteiger charge is -2.46. The van der Waals surface area contributed by atoms with E-state index in [4.69, 9.17) is 20.8 Å². The monoisotopic (exact) mass is 452 g/mol. The Morgan fingerprint density at radius 1 is 1.12 bits per heavy atom. The quantitative estimate of drug-likeness (QED) is 0.411. The van der Waals surface area contributed by atoms with Crippen LogP contribution in [0.3, 0.4) is 0 Å². The van der Waals surface area contributed by atoms with E-state index >= 15 is 0 Å². The largest absolute Gasteiger partial charge is 0.455 e. The molecule has 0 saturated carbocycles. The number of carbonyl (C=O) groups is 1. The average molecular weight is 453 g/mol. The fraction of sp³-hybridized carbons (Fsp3) is 0.385. The third kappa shape index (κ3) is 5.22. The van der Waals surface area contributed by atoms with Gasteiger partial charge in [-0.15, -0.1) is 0 Å². The number of ketones is 1. The fourth-order valence-electron chi connectivity index (χ4n) is 5.02. The zero-order chi connectivity index (χ0) is 22.9. The van der Waals surface area contributed by atoms with E-state index in [0.29, 0.717) is 40.3 Å². The summed E-state index contributed by atoms with van der Waals surface area (Å²) in [6, 6.07) is 12.7. The lowest BCUT2D eigenvalue weighted by molar-refractivity contribution is 0.0864. The molecule has 0 amide bonds. The van der Waals surface area contributed by atoms with Crippen molar-refractivity contribution in [2.45, 2.75) is 58.0 Å². The number of para-hydroxylation sites is 1. The van der Waals surface area contributed by atoms with E-state index in [0.717, 1.165) is 18.4 Å². The number of ether oxygens (including phenoxy) is 1. The van der Waals surface area contributed by atoms with Crippen LogP contribution in [0.15, 0.2) is 59.3 Å². The van der Waals surface area contributed by atoms with Crippen LogP contribution in [0, 0.1) is 5.92 Å². The van der Waals surface area contributed by atoms with Crippen LogP contribution in [-0.2, 0) is 0 Å². The maximum Gasteiger partial charge on any atom is 0.229 e. The van der Waals surface area contributed by atoms with Gasteiger partial charge in [-0.2, -0.15) is 0 Å². The molecule has 4 rings (SSSR count). The first kappa shape index (κ1) is 22.6. The summed E-state index contributed by atoms with van der Waals surface area (Å²) in [7, 11) is 0. The minimum absolute atomic E-state index is 0.0122. The van der Waals surface area contributed by atoms with Gasteiger partial charge in [0.1, 0.15) is 17.8 Å². The van der Waals surface area contributed by atoms with Crippen molar-refractivity contribution < 1.29 is 13.9 Å². The van der Waals surface area contributed by atoms with Crippen molar-refractivity contribution in [1.82, 2.24) is 10.3 Å². The molecule has 3 aromatic rings. The van der Waals surface area contributed by atoms with E-state index in [1.807, 2.05) is 24.3 Å². The van der Waals surface area contributed by atoms with Crippen LogP contribution in [0.25, 0.3) is 11.5 Å². The predicted molar refractivity (Wildman–Crippen MR) is 126 cm³/mol. The topological polar surface area (TPSA) is 64.4 Å². The molecule has 5 nitrogen and oxygen atoms in total. The SMILES string of the molecule is CC1(C)CC(CC(=O)c2ccc(Oc3ccccc3-c3ncco3)c(Cl)c2)CC(C)(C)N1. The molecule has 2 aromatic carbocycles. The number of hydrogen-bond acceptors (Lipinski definition) is 5. The highest BCUT2D eigenvalue weighted by atomic mass is 35.5. The highest BCUT2D eigenvalue weighted by Crippen LogP contribution is 2.38. The molecule has 168 valence electrons. The van der Waals surface area contributed by atoms with Crippen LogP contribution in [0.2, 0.25) is 5.02 Å². The zero-order valence-corrected chi connectivity index (χ0v) is 19.7. The smallest absolute Gasteiger partial charge is 0.229 e. The van der Waals surface area contributed by atoms with Gasteiger partial charge in [-0.1, -0.05) is 23.7 Å². The predicted octanol–water partition coefficient (Wildman–Crippen LogP) is 6.92. The molecule has 0 radical (unpaired) electrons. The standard InChI is InChI=1S/C26H29ClN2O3/c1-25(2)15-17(16-26(3,4)29-25)13-21(30)18-9-10-23(20(27)14-18)32-22-8-6-5-7-19(22)24-28-11-12-31-24/h5-12,14,17,29H,13,15-16H2,1-4H3. The molecule has 1 saturated heterocycles. The molecule has 0 aliphatic carbocycles. The normalized spacial score (nSPS) is 17.8. The summed E-state index contributed by atoms with van der Waals surface area (Å²) in [6.07, 6.45) is 5.55. The number of piperidine rings is 1. The number of aromatic nitrogens is 1. The molecule has 0 spiro atoms. The third-order valence-electron chi connectivity index (χ3n) is 5.77. The Labute approximate surface area is 194 Å². The molecule has 1 aromatic heterocycles. The highest BCUT2D eigenvalue weighted by Gasteiger charge is 2.38. The lowest BCUT2D eigenvalue weighted by Crippen LogP contribution is -2.57. The van der Waals surface area contributed by atoms with E-state index in [9.17, 15) is 4.79 Å². The molecule has 1 N–H and O–H groups in total. The number of benzene rings is 2. The number of Topliss-reactive ketones (excluding diaryl/α,β-unsaturated/α-hetero) is 1. The van der Waals surface area contributed by atoms with Crippen molar-refractivity contribution in [3.63, 3.8) is 0 Å². The van der Waals surface area contributed by atoms with Crippen molar-refractivity contribution >= 4 is 17.4 Å². The van der Waals surface area contributed by atoms with Crippen LogP contribution >= 0.6 is 11.6 Å². The summed E-state index contributed by atoms with van der Waals surface area (Å²) in [4.78, 5) is 17.2. The molecule has 0 bridgehead atoms. The number of nitrogens with zero attached hydrogens (tertiary/aromatic N) is 1. The maximum atomic E-state index is 13.0. The zero-order valence-electron chi connectivity index (χ0n) is 18.9. The molecule has 32 heavy (non-hydrogen) atoms. The summed E-state index contributed by atoms with van der Waals surface area (Å²) in [6.45, 7) is 8.80. The Kier molecular flexibility index (Phi) is 6.15. The van der Waals surface area contributed by atoms with Gasteiger partial charge in [-0.25, -0.2) is 4.98 Å². The number of halogens is 1. The van der Waals surface area contributed by atoms with Gasteiger partial charge < -0.3 is 14.5 Å². The Bertz CT molecular complexity index is 1090. The Balaban J connectivity index is 1.49. The van der Waals surface area contributed by atoms with Crippen LogP contribution in [0.5, 0.6) is 11.5 Å². The van der Waals surface area contributed by atoms with E-state index < -0.39 is 0 Å². The summed E-state index contributed by atoms with van der Waals surface area (Å²) in [5, 5.41) is 4.06. The number of nitrogens with one attached hydrogen (secondary N) is 1. The van der Waals surface area contributed by atoms with E-state index in [2.05, 4.69) is 38.0 Å². The first-order valence-electron chi connectivity index (χ1n) is 10.9. The van der Waals surface area contributed by atoms with E-state index in [1.54, 1.807) is 24.4 Å². The number of carbonyl (C=O) groups excluding carboxylic acids is 1. The summed E-state index contributed by atoms with van der Waals surface area (Å²) in [5.41, 5.74) is 1.36. The van der Waals surface area contributed by atoms with Crippen molar-refractivity contribution in [3.8, 4) is 23.0 Å². The maximum absolute atomic E-state index is 13.0. The second-order valence-electron chi connectivity index (χ2n) is 9.88. The molecular formula is C26H29ClN2O3. The first-order valence-corrected chi connectivity index (χ1v) is 11.3. The minimum atomic E-state index is 0.0122. The van der Waals surface area contributed by atoms with Crippen molar-refractivity contribution in [2.24, 2.45) is 5.92 Å².